The normalized spacial score (nSPS) is 13.3. The summed E-state index contributed by atoms with van der Waals surface area (Å²) in [4.78, 5) is 4.05. The molecule has 0 aliphatic heterocycles. The molecule has 34 heavy (non-hydrogen) atoms. The lowest BCUT2D eigenvalue weighted by Gasteiger charge is -2.35. The lowest BCUT2D eigenvalue weighted by Crippen LogP contribution is -2.32. The lowest BCUT2D eigenvalue weighted by molar-refractivity contribution is 0.628. The Morgan fingerprint density at radius 3 is 2.21 bits per heavy atom. The first kappa shape index (κ1) is 29.0. The number of benzene rings is 2. The van der Waals surface area contributed by atoms with E-state index in [-0.39, 0.29) is 5.82 Å². The third kappa shape index (κ3) is 7.36. The van der Waals surface area contributed by atoms with Gasteiger partial charge in [-0.3, -0.25) is 4.90 Å². The van der Waals surface area contributed by atoms with Crippen LogP contribution in [0, 0.1) is 5.82 Å². The van der Waals surface area contributed by atoms with Gasteiger partial charge in [-0.05, 0) is 86.9 Å². The Balaban J connectivity index is 2.46. The minimum absolute atomic E-state index is 0.285. The van der Waals surface area contributed by atoms with Crippen LogP contribution in [0.4, 0.5) is 15.8 Å². The molecule has 0 saturated carbocycles. The van der Waals surface area contributed by atoms with Crippen LogP contribution in [0.2, 0.25) is 10.0 Å². The molecule has 0 heterocycles. The van der Waals surface area contributed by atoms with Crippen LogP contribution in [0.1, 0.15) is 20.8 Å². The van der Waals surface area contributed by atoms with Crippen molar-refractivity contribution in [3.63, 3.8) is 0 Å². The predicted molar refractivity (Wildman–Crippen MR) is 160 cm³/mol. The Kier molecular flexibility index (Phi) is 11.7. The number of thioether (sulfide) groups is 1. The van der Waals surface area contributed by atoms with Gasteiger partial charge >= 0.3 is 0 Å². The van der Waals surface area contributed by atoms with Crippen molar-refractivity contribution >= 4 is 64.2 Å². The van der Waals surface area contributed by atoms with E-state index in [1.165, 1.54) is 28.3 Å². The summed E-state index contributed by atoms with van der Waals surface area (Å²) in [5.41, 5.74) is 2.99. The van der Waals surface area contributed by atoms with Crippen molar-refractivity contribution in [1.82, 2.24) is 0 Å². The quantitative estimate of drug-likeness (QED) is 0.213. The molecule has 0 amide bonds. The van der Waals surface area contributed by atoms with Crippen molar-refractivity contribution in [3.8, 4) is 0 Å². The molecule has 2 nitrogen and oxygen atoms in total. The Morgan fingerprint density at radius 1 is 1.09 bits per heavy atom. The molecule has 0 aromatic heterocycles. The molecule has 0 aliphatic rings. The maximum absolute atomic E-state index is 13.7. The van der Waals surface area contributed by atoms with Crippen LogP contribution in [0.25, 0.3) is 0 Å². The van der Waals surface area contributed by atoms with Crippen LogP contribution >= 0.6 is 52.8 Å². The van der Waals surface area contributed by atoms with Crippen molar-refractivity contribution in [1.29, 1.82) is 0 Å². The summed E-state index contributed by atoms with van der Waals surface area (Å²) in [5, 5.41) is 4.37. The van der Waals surface area contributed by atoms with E-state index in [1.807, 2.05) is 42.0 Å². The molecule has 2 rings (SSSR count). The van der Waals surface area contributed by atoms with Crippen LogP contribution in [0.3, 0.4) is 0 Å². The van der Waals surface area contributed by atoms with E-state index in [0.717, 1.165) is 28.0 Å². The topological polar surface area (TPSA) is 6.48 Å². The summed E-state index contributed by atoms with van der Waals surface area (Å²) in [6.07, 6.45) is 4.18. The van der Waals surface area contributed by atoms with Gasteiger partial charge in [0.2, 0.25) is 0 Å². The second-order valence-electron chi connectivity index (χ2n) is 7.41. The fraction of sp³-hybridized carbons (Fsp3) is 0.231. The minimum atomic E-state index is -0.285. The first-order valence-corrected chi connectivity index (χ1v) is 14.5. The number of nitrogens with zero attached hydrogens (tertiary/aromatic N) is 2. The second kappa shape index (κ2) is 13.7. The maximum Gasteiger partial charge on any atom is 0.123 e. The molecule has 2 atom stereocenters. The molecule has 2 unspecified atom stereocenters. The molecule has 0 N–H and O–H groups in total. The van der Waals surface area contributed by atoms with Crippen LogP contribution < -0.4 is 9.80 Å². The van der Waals surface area contributed by atoms with Gasteiger partial charge < -0.3 is 4.90 Å². The van der Waals surface area contributed by atoms with E-state index in [2.05, 4.69) is 42.4 Å². The molecule has 0 fully saturated rings. The summed E-state index contributed by atoms with van der Waals surface area (Å²) >= 11 is 14.1. The SMILES string of the molecule is C=C(SCC(=C(/C)P)/C(=C\C)PC)N(/C(=C\C)N(C)c1ccc(Cl)c(Cl)c1)c1ccc(F)cc1. The van der Waals surface area contributed by atoms with Crippen LogP contribution in [-0.4, -0.2) is 19.5 Å². The van der Waals surface area contributed by atoms with Crippen molar-refractivity contribution < 1.29 is 4.39 Å². The molecule has 0 bridgehead atoms. The number of hydrogen-bond acceptors (Lipinski definition) is 3. The molecule has 0 radical (unpaired) electrons. The zero-order valence-electron chi connectivity index (χ0n) is 20.1. The summed E-state index contributed by atoms with van der Waals surface area (Å²) in [7, 11) is 5.49. The van der Waals surface area contributed by atoms with E-state index < -0.39 is 0 Å². The van der Waals surface area contributed by atoms with Crippen molar-refractivity contribution in [2.45, 2.75) is 20.8 Å². The Bertz CT molecular complexity index is 1110. The molecule has 0 spiro atoms. The summed E-state index contributed by atoms with van der Waals surface area (Å²) in [6, 6.07) is 12.0. The van der Waals surface area contributed by atoms with Gasteiger partial charge in [-0.1, -0.05) is 49.8 Å². The van der Waals surface area contributed by atoms with Crippen LogP contribution in [0.15, 0.2) is 88.2 Å². The zero-order valence-corrected chi connectivity index (χ0v) is 24.6. The fourth-order valence-corrected chi connectivity index (χ4v) is 6.25. The third-order valence-corrected chi connectivity index (χ3v) is 8.36. The van der Waals surface area contributed by atoms with Gasteiger partial charge in [0.25, 0.3) is 0 Å². The van der Waals surface area contributed by atoms with Gasteiger partial charge in [0, 0.05) is 24.2 Å². The lowest BCUT2D eigenvalue weighted by atomic mass is 10.2. The molecule has 2 aromatic carbocycles. The monoisotopic (exact) mass is 554 g/mol. The average Bonchev–Trinajstić information content (AvgIpc) is 2.81. The van der Waals surface area contributed by atoms with E-state index in [9.17, 15) is 4.39 Å². The summed E-state index contributed by atoms with van der Waals surface area (Å²) in [5.74, 6) is 1.35. The number of anilines is 2. The minimum Gasteiger partial charge on any atom is -0.331 e. The number of hydrogen-bond donors (Lipinski definition) is 0. The molecule has 8 heteroatoms. The highest BCUT2D eigenvalue weighted by Gasteiger charge is 2.21. The fourth-order valence-electron chi connectivity index (χ4n) is 3.39. The average molecular weight is 555 g/mol. The number of halogens is 3. The van der Waals surface area contributed by atoms with Crippen LogP contribution in [0.5, 0.6) is 0 Å². The highest BCUT2D eigenvalue weighted by Crippen LogP contribution is 2.38. The highest BCUT2D eigenvalue weighted by molar-refractivity contribution is 8.03. The Labute approximate surface area is 221 Å². The van der Waals surface area contributed by atoms with E-state index in [1.54, 1.807) is 30.0 Å². The Morgan fingerprint density at radius 2 is 1.71 bits per heavy atom. The van der Waals surface area contributed by atoms with E-state index in [0.29, 0.717) is 18.6 Å². The van der Waals surface area contributed by atoms with Gasteiger partial charge in [-0.15, -0.1) is 21.0 Å². The largest absolute Gasteiger partial charge is 0.331 e. The van der Waals surface area contributed by atoms with Crippen LogP contribution in [-0.2, 0) is 0 Å². The van der Waals surface area contributed by atoms with Gasteiger partial charge in [-0.2, -0.15) is 0 Å². The van der Waals surface area contributed by atoms with Gasteiger partial charge in [-0.25, -0.2) is 4.39 Å². The van der Waals surface area contributed by atoms with E-state index >= 15 is 0 Å². The standard InChI is InChI=1S/C26H31Cl2FN2P2S/c1-7-25(33-6)22(17(3)32)16-34-18(4)31(20-11-9-19(29)10-12-20)26(8-2)30(5)21-13-14-23(27)24(28)15-21/h7-15,33H,4,16,32H2,1-3,5-6H3/b22-17+,25-7+,26-8-. The van der Waals surface area contributed by atoms with Crippen molar-refractivity contribution in [2.75, 3.05) is 29.3 Å². The molecule has 182 valence electrons. The van der Waals surface area contributed by atoms with Gasteiger partial charge in [0.1, 0.15) is 11.6 Å². The summed E-state index contributed by atoms with van der Waals surface area (Å²) < 4.78 is 13.7. The zero-order chi connectivity index (χ0) is 25.4. The molecular weight excluding hydrogens is 524 g/mol. The molecule has 0 aliphatic carbocycles. The van der Waals surface area contributed by atoms with Crippen molar-refractivity contribution in [2.24, 2.45) is 0 Å². The highest BCUT2D eigenvalue weighted by atomic mass is 35.5. The van der Waals surface area contributed by atoms with Gasteiger partial charge in [0.15, 0.2) is 0 Å². The van der Waals surface area contributed by atoms with E-state index in [4.69, 9.17) is 23.2 Å². The first-order valence-electron chi connectivity index (χ1n) is 10.7. The molecule has 0 saturated heterocycles. The first-order chi connectivity index (χ1) is 16.1. The summed E-state index contributed by atoms with van der Waals surface area (Å²) in [6.45, 7) is 12.8. The third-order valence-electron chi connectivity index (χ3n) is 5.20. The smallest absolute Gasteiger partial charge is 0.123 e. The molecule has 2 aromatic rings. The predicted octanol–water partition coefficient (Wildman–Crippen LogP) is 9.50. The molecular formula is C26H31Cl2FN2P2S. The number of allylic oxidation sites excluding steroid dienone is 4. The second-order valence-corrected chi connectivity index (χ2v) is 11.2. The van der Waals surface area contributed by atoms with Crippen molar-refractivity contribution in [3.05, 3.63) is 104 Å². The number of rotatable bonds is 10. The van der Waals surface area contributed by atoms with Gasteiger partial charge in [0.05, 0.1) is 15.1 Å². The maximum atomic E-state index is 13.7. The Hall–Kier alpha value is -1.28.